The molecule has 1 saturated heterocycles. The highest BCUT2D eigenvalue weighted by Gasteiger charge is 2.34. The summed E-state index contributed by atoms with van der Waals surface area (Å²) >= 11 is 18.1. The molecule has 6 nitrogen and oxygen atoms in total. The Kier molecular flexibility index (Phi) is 6.69. The van der Waals surface area contributed by atoms with Crippen molar-refractivity contribution in [2.75, 3.05) is 6.61 Å². The Morgan fingerprint density at radius 3 is 2.66 bits per heavy atom. The van der Waals surface area contributed by atoms with Crippen LogP contribution in [0.2, 0.25) is 10.0 Å². The van der Waals surface area contributed by atoms with Gasteiger partial charge in [-0.05, 0) is 67.2 Å². The van der Waals surface area contributed by atoms with Crippen molar-refractivity contribution in [1.29, 1.82) is 0 Å². The lowest BCUT2D eigenvalue weighted by Crippen LogP contribution is -2.44. The lowest BCUT2D eigenvalue weighted by Gasteiger charge is -2.15. The van der Waals surface area contributed by atoms with Crippen LogP contribution in [0.15, 0.2) is 41.3 Å². The number of rotatable bonds is 5. The first kappa shape index (κ1) is 21.4. The maximum absolute atomic E-state index is 12.7. The molecule has 150 valence electrons. The number of phenolic OH excluding ortho intramolecular Hbond substituents is 1. The molecule has 0 aliphatic carbocycles. The summed E-state index contributed by atoms with van der Waals surface area (Å²) in [5.41, 5.74) is 3.37. The van der Waals surface area contributed by atoms with Gasteiger partial charge in [-0.25, -0.2) is 0 Å². The van der Waals surface area contributed by atoms with Gasteiger partial charge in [0, 0.05) is 10.6 Å². The third kappa shape index (κ3) is 4.84. The molecule has 2 aromatic carbocycles. The van der Waals surface area contributed by atoms with Gasteiger partial charge in [-0.1, -0.05) is 35.0 Å². The summed E-state index contributed by atoms with van der Waals surface area (Å²) in [4.78, 5) is 25.4. The van der Waals surface area contributed by atoms with E-state index in [-0.39, 0.29) is 25.7 Å². The molecular formula is C19H14Cl2N2O4S2. The minimum absolute atomic E-state index is 0.0914. The molecule has 0 spiro atoms. The third-order valence-electron chi connectivity index (χ3n) is 3.76. The van der Waals surface area contributed by atoms with Gasteiger partial charge in [0.2, 0.25) is 0 Å². The first-order valence-electron chi connectivity index (χ1n) is 8.30. The number of carbonyl (C=O) groups excluding carboxylic acids is 2. The van der Waals surface area contributed by atoms with Gasteiger partial charge in [-0.15, -0.1) is 0 Å². The van der Waals surface area contributed by atoms with Crippen LogP contribution in [0.5, 0.6) is 11.5 Å². The summed E-state index contributed by atoms with van der Waals surface area (Å²) in [5, 5.41) is 11.5. The fourth-order valence-electron chi connectivity index (χ4n) is 2.43. The standard InChI is InChI=1S/C19H14Cl2N2O4S2/c1-2-27-14-8-10(7-13(21)16(14)24)9-15-18(26)23(19(28)29-15)22-17(25)11-3-5-12(20)6-4-11/h3-9,24H,2H2,1H3,(H,22,25)/b15-9-. The molecule has 0 bridgehead atoms. The summed E-state index contributed by atoms with van der Waals surface area (Å²) < 4.78 is 5.52. The molecule has 1 aliphatic rings. The Morgan fingerprint density at radius 2 is 2.00 bits per heavy atom. The number of hydrazine groups is 1. The van der Waals surface area contributed by atoms with Gasteiger partial charge in [-0.3, -0.25) is 15.0 Å². The highest BCUT2D eigenvalue weighted by Crippen LogP contribution is 2.38. The van der Waals surface area contributed by atoms with E-state index in [1.54, 1.807) is 43.3 Å². The molecule has 0 atom stereocenters. The summed E-state index contributed by atoms with van der Waals surface area (Å²) in [7, 11) is 0. The minimum atomic E-state index is -0.495. The van der Waals surface area contributed by atoms with Crippen LogP contribution in [0.25, 0.3) is 6.08 Å². The molecule has 1 aliphatic heterocycles. The van der Waals surface area contributed by atoms with E-state index in [2.05, 4.69) is 5.43 Å². The van der Waals surface area contributed by atoms with Gasteiger partial charge < -0.3 is 9.84 Å². The number of halogens is 2. The SMILES string of the molecule is CCOc1cc(/C=C2\SC(=S)N(NC(=O)c3ccc(Cl)cc3)C2=O)cc(Cl)c1O. The van der Waals surface area contributed by atoms with Crippen molar-refractivity contribution < 1.29 is 19.4 Å². The number of nitrogens with zero attached hydrogens (tertiary/aromatic N) is 1. The predicted molar refractivity (Wildman–Crippen MR) is 118 cm³/mol. The molecule has 0 radical (unpaired) electrons. The average molecular weight is 469 g/mol. The molecule has 0 saturated carbocycles. The minimum Gasteiger partial charge on any atom is -0.503 e. The molecule has 0 unspecified atom stereocenters. The van der Waals surface area contributed by atoms with E-state index in [0.717, 1.165) is 16.8 Å². The molecule has 3 rings (SSSR count). The number of benzene rings is 2. The van der Waals surface area contributed by atoms with Gasteiger partial charge in [0.25, 0.3) is 11.8 Å². The van der Waals surface area contributed by atoms with Crippen molar-refractivity contribution in [2.24, 2.45) is 0 Å². The number of thiocarbonyl (C=S) groups is 1. The first-order valence-corrected chi connectivity index (χ1v) is 10.3. The van der Waals surface area contributed by atoms with Gasteiger partial charge in [-0.2, -0.15) is 5.01 Å². The second-order valence-corrected chi connectivity index (χ2v) is 8.27. The van der Waals surface area contributed by atoms with Gasteiger partial charge in [0.05, 0.1) is 16.5 Å². The van der Waals surface area contributed by atoms with Crippen molar-refractivity contribution in [1.82, 2.24) is 10.4 Å². The van der Waals surface area contributed by atoms with Crippen molar-refractivity contribution >= 4 is 69.4 Å². The van der Waals surface area contributed by atoms with Crippen LogP contribution in [0.1, 0.15) is 22.8 Å². The Labute approximate surface area is 186 Å². The third-order valence-corrected chi connectivity index (χ3v) is 5.60. The van der Waals surface area contributed by atoms with Gasteiger partial charge in [0.1, 0.15) is 0 Å². The molecule has 1 fully saturated rings. The van der Waals surface area contributed by atoms with Crippen molar-refractivity contribution in [3.63, 3.8) is 0 Å². The Hall–Kier alpha value is -2.26. The fourth-order valence-corrected chi connectivity index (χ4v) is 3.95. The number of phenols is 1. The van der Waals surface area contributed by atoms with Gasteiger partial charge in [0.15, 0.2) is 15.8 Å². The highest BCUT2D eigenvalue weighted by atomic mass is 35.5. The van der Waals surface area contributed by atoms with E-state index in [0.29, 0.717) is 22.8 Å². The lowest BCUT2D eigenvalue weighted by molar-refractivity contribution is -0.123. The van der Waals surface area contributed by atoms with E-state index in [4.69, 9.17) is 40.2 Å². The monoisotopic (exact) mass is 468 g/mol. The van der Waals surface area contributed by atoms with Crippen LogP contribution in [-0.2, 0) is 4.79 Å². The Morgan fingerprint density at radius 1 is 1.31 bits per heavy atom. The number of nitrogens with one attached hydrogen (secondary N) is 1. The predicted octanol–water partition coefficient (Wildman–Crippen LogP) is 4.64. The van der Waals surface area contributed by atoms with Crippen LogP contribution < -0.4 is 10.2 Å². The number of hydrogen-bond donors (Lipinski definition) is 2. The van der Waals surface area contributed by atoms with E-state index in [1.807, 2.05) is 0 Å². The molecule has 29 heavy (non-hydrogen) atoms. The second-order valence-electron chi connectivity index (χ2n) is 5.75. The normalized spacial score (nSPS) is 15.1. The molecule has 2 N–H and O–H groups in total. The fraction of sp³-hybridized carbons (Fsp3) is 0.105. The molecule has 2 amide bonds. The summed E-state index contributed by atoms with van der Waals surface area (Å²) in [6.45, 7) is 2.11. The molecule has 2 aromatic rings. The zero-order chi connectivity index (χ0) is 21.1. The number of carbonyl (C=O) groups is 2. The zero-order valence-electron chi connectivity index (χ0n) is 14.9. The molecule has 0 aromatic heterocycles. The lowest BCUT2D eigenvalue weighted by atomic mass is 10.2. The van der Waals surface area contributed by atoms with E-state index >= 15 is 0 Å². The van der Waals surface area contributed by atoms with Gasteiger partial charge >= 0.3 is 0 Å². The Balaban J connectivity index is 1.81. The molecule has 1 heterocycles. The van der Waals surface area contributed by atoms with Crippen LogP contribution in [-0.4, -0.2) is 32.9 Å². The quantitative estimate of drug-likeness (QED) is 0.491. The maximum atomic E-state index is 12.7. The van der Waals surface area contributed by atoms with Crippen LogP contribution in [0.4, 0.5) is 0 Å². The van der Waals surface area contributed by atoms with Crippen LogP contribution >= 0.6 is 47.2 Å². The van der Waals surface area contributed by atoms with E-state index in [9.17, 15) is 14.7 Å². The summed E-state index contributed by atoms with van der Waals surface area (Å²) in [6.07, 6.45) is 1.56. The number of hydrogen-bond acceptors (Lipinski definition) is 6. The molecule has 10 heteroatoms. The zero-order valence-corrected chi connectivity index (χ0v) is 18.1. The smallest absolute Gasteiger partial charge is 0.285 e. The van der Waals surface area contributed by atoms with Crippen molar-refractivity contribution in [2.45, 2.75) is 6.92 Å². The largest absolute Gasteiger partial charge is 0.503 e. The second kappa shape index (κ2) is 9.04. The van der Waals surface area contributed by atoms with Crippen molar-refractivity contribution in [3.8, 4) is 11.5 Å². The topological polar surface area (TPSA) is 78.9 Å². The molecular weight excluding hydrogens is 455 g/mol. The van der Waals surface area contributed by atoms with Crippen LogP contribution in [0, 0.1) is 0 Å². The average Bonchev–Trinajstić information content (AvgIpc) is 2.93. The Bertz CT molecular complexity index is 1030. The number of ether oxygens (including phenoxy) is 1. The highest BCUT2D eigenvalue weighted by molar-refractivity contribution is 8.26. The van der Waals surface area contributed by atoms with E-state index in [1.165, 1.54) is 6.07 Å². The summed E-state index contributed by atoms with van der Waals surface area (Å²) in [6, 6.07) is 9.29. The van der Waals surface area contributed by atoms with E-state index < -0.39 is 11.8 Å². The summed E-state index contributed by atoms with van der Waals surface area (Å²) in [5.74, 6) is -0.943. The number of aromatic hydroxyl groups is 1. The number of thioether (sulfide) groups is 1. The van der Waals surface area contributed by atoms with Crippen LogP contribution in [0.3, 0.4) is 0 Å². The number of amides is 2. The maximum Gasteiger partial charge on any atom is 0.285 e. The van der Waals surface area contributed by atoms with Crippen molar-refractivity contribution in [3.05, 3.63) is 62.5 Å². The first-order chi connectivity index (χ1) is 13.8.